The molecule has 4 heteroatoms. The molecule has 3 rings (SSSR count). The second-order valence-electron chi connectivity index (χ2n) is 4.74. The molecule has 0 bridgehead atoms. The van der Waals surface area contributed by atoms with E-state index >= 15 is 0 Å². The Hall–Kier alpha value is -2.12. The third kappa shape index (κ3) is 2.25. The lowest BCUT2D eigenvalue weighted by Gasteiger charge is -2.24. The molecule has 1 aliphatic rings. The number of nitrogens with one attached hydrogen (secondary N) is 1. The molecule has 1 saturated heterocycles. The highest BCUT2D eigenvalue weighted by atomic mass is 15.2. The summed E-state index contributed by atoms with van der Waals surface area (Å²) in [5.41, 5.74) is 2.66. The van der Waals surface area contributed by atoms with Gasteiger partial charge in [0.2, 0.25) is 0 Å². The average molecular weight is 252 g/mol. The van der Waals surface area contributed by atoms with Crippen molar-refractivity contribution in [3.63, 3.8) is 0 Å². The highest BCUT2D eigenvalue weighted by Crippen LogP contribution is 2.29. The van der Waals surface area contributed by atoms with Crippen LogP contribution in [0.2, 0.25) is 0 Å². The molecule has 4 nitrogen and oxygen atoms in total. The molecule has 0 saturated carbocycles. The van der Waals surface area contributed by atoms with E-state index in [1.54, 1.807) is 6.20 Å². The maximum atomic E-state index is 9.35. The summed E-state index contributed by atoms with van der Waals surface area (Å²) in [7, 11) is 0. The van der Waals surface area contributed by atoms with Gasteiger partial charge in [0.1, 0.15) is 6.07 Å². The quantitative estimate of drug-likeness (QED) is 0.842. The minimum Gasteiger partial charge on any atom is -0.369 e. The number of rotatable bonds is 1. The van der Waals surface area contributed by atoms with E-state index in [2.05, 4.69) is 27.3 Å². The molecule has 1 aromatic carbocycles. The second-order valence-corrected chi connectivity index (χ2v) is 4.74. The predicted molar refractivity (Wildman–Crippen MR) is 76.2 cm³/mol. The van der Waals surface area contributed by atoms with Gasteiger partial charge < -0.3 is 10.2 Å². The summed E-state index contributed by atoms with van der Waals surface area (Å²) < 4.78 is 0. The number of anilines is 1. The largest absolute Gasteiger partial charge is 0.369 e. The summed E-state index contributed by atoms with van der Waals surface area (Å²) in [5, 5.41) is 13.8. The van der Waals surface area contributed by atoms with Gasteiger partial charge in [-0.2, -0.15) is 5.26 Å². The summed E-state index contributed by atoms with van der Waals surface area (Å²) in [6.45, 7) is 3.92. The number of hydrogen-bond donors (Lipinski definition) is 1. The molecule has 1 aliphatic heterocycles. The molecule has 0 atom stereocenters. The van der Waals surface area contributed by atoms with Crippen LogP contribution in [0.1, 0.15) is 12.0 Å². The van der Waals surface area contributed by atoms with Gasteiger partial charge in [-0.1, -0.05) is 18.2 Å². The lowest BCUT2D eigenvalue weighted by atomic mass is 10.1. The van der Waals surface area contributed by atoms with Crippen LogP contribution in [-0.2, 0) is 0 Å². The van der Waals surface area contributed by atoms with Crippen LogP contribution in [0.15, 0.2) is 30.5 Å². The van der Waals surface area contributed by atoms with Crippen molar-refractivity contribution in [3.8, 4) is 6.07 Å². The van der Waals surface area contributed by atoms with Crippen molar-refractivity contribution in [2.75, 3.05) is 31.1 Å². The standard InChI is InChI=1S/C15H16N4/c16-10-12-11-18-14-5-2-1-4-13(14)15(12)19-8-3-6-17-7-9-19/h1-2,4-5,11,17H,3,6-9H2. The molecule has 2 aromatic rings. The van der Waals surface area contributed by atoms with Crippen LogP contribution in [0.5, 0.6) is 0 Å². The van der Waals surface area contributed by atoms with Crippen LogP contribution >= 0.6 is 0 Å². The number of benzene rings is 1. The number of nitrogens with zero attached hydrogens (tertiary/aromatic N) is 3. The molecular formula is C15H16N4. The van der Waals surface area contributed by atoms with Gasteiger partial charge >= 0.3 is 0 Å². The molecule has 1 aromatic heterocycles. The summed E-state index contributed by atoms with van der Waals surface area (Å²) >= 11 is 0. The normalized spacial score (nSPS) is 16.1. The van der Waals surface area contributed by atoms with Crippen molar-refractivity contribution in [1.82, 2.24) is 10.3 Å². The maximum absolute atomic E-state index is 9.35. The zero-order chi connectivity index (χ0) is 13.1. The van der Waals surface area contributed by atoms with E-state index in [1.807, 2.05) is 18.2 Å². The number of pyridine rings is 1. The van der Waals surface area contributed by atoms with Crippen molar-refractivity contribution in [2.24, 2.45) is 0 Å². The Labute approximate surface area is 112 Å². The first kappa shape index (κ1) is 11.9. The fourth-order valence-corrected chi connectivity index (χ4v) is 2.62. The van der Waals surface area contributed by atoms with E-state index in [-0.39, 0.29) is 0 Å². The van der Waals surface area contributed by atoms with E-state index in [9.17, 15) is 5.26 Å². The Kier molecular flexibility index (Phi) is 3.30. The van der Waals surface area contributed by atoms with E-state index < -0.39 is 0 Å². The van der Waals surface area contributed by atoms with Crippen LogP contribution in [0.25, 0.3) is 10.9 Å². The van der Waals surface area contributed by atoms with Crippen molar-refractivity contribution < 1.29 is 0 Å². The Morgan fingerprint density at radius 1 is 1.21 bits per heavy atom. The van der Waals surface area contributed by atoms with Gasteiger partial charge in [-0.05, 0) is 19.0 Å². The highest BCUT2D eigenvalue weighted by Gasteiger charge is 2.16. The summed E-state index contributed by atoms with van der Waals surface area (Å²) in [4.78, 5) is 6.67. The van der Waals surface area contributed by atoms with Crippen LogP contribution in [0.3, 0.4) is 0 Å². The third-order valence-corrected chi connectivity index (χ3v) is 3.52. The molecule has 0 spiro atoms. The van der Waals surface area contributed by atoms with Gasteiger partial charge in [-0.3, -0.25) is 4.98 Å². The fourth-order valence-electron chi connectivity index (χ4n) is 2.62. The third-order valence-electron chi connectivity index (χ3n) is 3.52. The minimum absolute atomic E-state index is 0.667. The smallest absolute Gasteiger partial charge is 0.103 e. The Bertz CT molecular complexity index is 622. The molecule has 0 aliphatic carbocycles. The lowest BCUT2D eigenvalue weighted by molar-refractivity contribution is 0.724. The zero-order valence-corrected chi connectivity index (χ0v) is 10.8. The topological polar surface area (TPSA) is 52.0 Å². The maximum Gasteiger partial charge on any atom is 0.103 e. The van der Waals surface area contributed by atoms with Gasteiger partial charge in [0.25, 0.3) is 0 Å². The van der Waals surface area contributed by atoms with E-state index in [0.29, 0.717) is 5.56 Å². The predicted octanol–water partition coefficient (Wildman–Crippen LogP) is 1.91. The van der Waals surface area contributed by atoms with E-state index in [1.165, 1.54) is 0 Å². The van der Waals surface area contributed by atoms with Crippen LogP contribution in [0, 0.1) is 11.3 Å². The number of hydrogen-bond acceptors (Lipinski definition) is 4. The van der Waals surface area contributed by atoms with Gasteiger partial charge in [-0.15, -0.1) is 0 Å². The first-order valence-corrected chi connectivity index (χ1v) is 6.63. The number of nitriles is 1. The van der Waals surface area contributed by atoms with Crippen molar-refractivity contribution >= 4 is 16.6 Å². The highest BCUT2D eigenvalue weighted by molar-refractivity contribution is 5.94. The summed E-state index contributed by atoms with van der Waals surface area (Å²) in [6, 6.07) is 10.3. The van der Waals surface area contributed by atoms with Gasteiger partial charge in [0.15, 0.2) is 0 Å². The van der Waals surface area contributed by atoms with Crippen LogP contribution in [-0.4, -0.2) is 31.2 Å². The molecule has 96 valence electrons. The SMILES string of the molecule is N#Cc1cnc2ccccc2c1N1CCCNCC1. The molecule has 1 N–H and O–H groups in total. The molecule has 0 amide bonds. The van der Waals surface area contributed by atoms with Crippen molar-refractivity contribution in [2.45, 2.75) is 6.42 Å². The fraction of sp³-hybridized carbons (Fsp3) is 0.333. The molecule has 19 heavy (non-hydrogen) atoms. The number of aromatic nitrogens is 1. The van der Waals surface area contributed by atoms with Gasteiger partial charge in [0, 0.05) is 31.2 Å². The first-order chi connectivity index (χ1) is 9.40. The molecule has 0 radical (unpaired) electrons. The summed E-state index contributed by atoms with van der Waals surface area (Å²) in [6.07, 6.45) is 2.79. The van der Waals surface area contributed by atoms with E-state index in [4.69, 9.17) is 0 Å². The molecule has 2 heterocycles. The van der Waals surface area contributed by atoms with Gasteiger partial charge in [0.05, 0.1) is 16.8 Å². The molecule has 1 fully saturated rings. The summed E-state index contributed by atoms with van der Waals surface area (Å²) in [5.74, 6) is 0. The van der Waals surface area contributed by atoms with Crippen LogP contribution in [0.4, 0.5) is 5.69 Å². The van der Waals surface area contributed by atoms with Crippen LogP contribution < -0.4 is 10.2 Å². The monoisotopic (exact) mass is 252 g/mol. The van der Waals surface area contributed by atoms with Gasteiger partial charge in [-0.25, -0.2) is 0 Å². The zero-order valence-electron chi connectivity index (χ0n) is 10.8. The Morgan fingerprint density at radius 3 is 3.00 bits per heavy atom. The Balaban J connectivity index is 2.16. The van der Waals surface area contributed by atoms with Crippen molar-refractivity contribution in [1.29, 1.82) is 5.26 Å². The Morgan fingerprint density at radius 2 is 2.11 bits per heavy atom. The average Bonchev–Trinajstić information content (AvgIpc) is 2.75. The number of para-hydroxylation sites is 1. The van der Waals surface area contributed by atoms with Crippen molar-refractivity contribution in [3.05, 3.63) is 36.0 Å². The minimum atomic E-state index is 0.667. The molecular weight excluding hydrogens is 236 g/mol. The molecule has 0 unspecified atom stereocenters. The van der Waals surface area contributed by atoms with E-state index in [0.717, 1.165) is 49.2 Å². The lowest BCUT2D eigenvalue weighted by Crippen LogP contribution is -2.28. The first-order valence-electron chi connectivity index (χ1n) is 6.63. The number of fused-ring (bicyclic) bond motifs is 1. The second kappa shape index (κ2) is 5.25.